The molecule has 0 spiro atoms. The zero-order valence-corrected chi connectivity index (χ0v) is 16.1. The minimum atomic E-state index is 0.114. The van der Waals surface area contributed by atoms with E-state index in [1.807, 2.05) is 48.5 Å². The van der Waals surface area contributed by atoms with Crippen LogP contribution in [0.4, 0.5) is 0 Å². The summed E-state index contributed by atoms with van der Waals surface area (Å²) in [5, 5.41) is 9.29. The maximum absolute atomic E-state index is 6.09. The summed E-state index contributed by atoms with van der Waals surface area (Å²) in [6.07, 6.45) is 0. The standard InChI is InChI=1S/C21H23ClN4O/c1-16(20-23-24-21(27-20)18-7-3-2-4-8-18)26-12-10-25(11-13-26)15-17-6-5-9-19(22)14-17/h2-9,14,16H,10-13,15H2,1H3. The van der Waals surface area contributed by atoms with E-state index in [2.05, 4.69) is 33.0 Å². The van der Waals surface area contributed by atoms with Crippen molar-refractivity contribution in [3.8, 4) is 11.5 Å². The second kappa shape index (κ2) is 8.21. The molecular weight excluding hydrogens is 360 g/mol. The molecule has 140 valence electrons. The number of nitrogens with zero attached hydrogens (tertiary/aromatic N) is 4. The predicted molar refractivity (Wildman–Crippen MR) is 106 cm³/mol. The van der Waals surface area contributed by atoms with E-state index < -0.39 is 0 Å². The van der Waals surface area contributed by atoms with Crippen molar-refractivity contribution >= 4 is 11.6 Å². The van der Waals surface area contributed by atoms with E-state index in [-0.39, 0.29) is 6.04 Å². The zero-order chi connectivity index (χ0) is 18.6. The van der Waals surface area contributed by atoms with E-state index in [1.165, 1.54) is 5.56 Å². The normalized spacial score (nSPS) is 17.1. The van der Waals surface area contributed by atoms with Gasteiger partial charge in [-0.05, 0) is 36.8 Å². The number of halogens is 1. The molecule has 27 heavy (non-hydrogen) atoms. The van der Waals surface area contributed by atoms with Crippen molar-refractivity contribution in [2.75, 3.05) is 26.2 Å². The van der Waals surface area contributed by atoms with E-state index in [0.717, 1.165) is 43.3 Å². The average molecular weight is 383 g/mol. The molecule has 6 heteroatoms. The third kappa shape index (κ3) is 4.38. The Morgan fingerprint density at radius 2 is 1.78 bits per heavy atom. The van der Waals surface area contributed by atoms with Crippen LogP contribution in [0.3, 0.4) is 0 Å². The lowest BCUT2D eigenvalue weighted by Crippen LogP contribution is -2.46. The number of hydrogen-bond acceptors (Lipinski definition) is 5. The molecule has 3 aromatic rings. The Kier molecular flexibility index (Phi) is 5.53. The maximum Gasteiger partial charge on any atom is 0.247 e. The van der Waals surface area contributed by atoms with Crippen LogP contribution in [0.1, 0.15) is 24.4 Å². The highest BCUT2D eigenvalue weighted by Gasteiger charge is 2.25. The van der Waals surface area contributed by atoms with Crippen LogP contribution in [0.5, 0.6) is 0 Å². The molecule has 0 aliphatic carbocycles. The molecule has 0 radical (unpaired) electrons. The summed E-state index contributed by atoms with van der Waals surface area (Å²) in [4.78, 5) is 4.86. The van der Waals surface area contributed by atoms with Gasteiger partial charge < -0.3 is 4.42 Å². The summed E-state index contributed by atoms with van der Waals surface area (Å²) in [5.74, 6) is 1.26. The van der Waals surface area contributed by atoms with Crippen LogP contribution < -0.4 is 0 Å². The molecule has 1 aliphatic heterocycles. The lowest BCUT2D eigenvalue weighted by molar-refractivity contribution is 0.0876. The van der Waals surface area contributed by atoms with Gasteiger partial charge in [-0.15, -0.1) is 10.2 Å². The van der Waals surface area contributed by atoms with E-state index in [1.54, 1.807) is 0 Å². The smallest absolute Gasteiger partial charge is 0.247 e. The summed E-state index contributed by atoms with van der Waals surface area (Å²) < 4.78 is 5.93. The van der Waals surface area contributed by atoms with Gasteiger partial charge in [-0.25, -0.2) is 0 Å². The first-order valence-corrected chi connectivity index (χ1v) is 9.66. The third-order valence-corrected chi connectivity index (χ3v) is 5.30. The molecule has 0 saturated carbocycles. The minimum Gasteiger partial charge on any atom is -0.419 e. The Labute approximate surface area is 164 Å². The Bertz CT molecular complexity index is 875. The molecule has 1 aromatic heterocycles. The largest absolute Gasteiger partial charge is 0.419 e. The topological polar surface area (TPSA) is 45.4 Å². The predicted octanol–water partition coefficient (Wildman–Crippen LogP) is 4.27. The fraction of sp³-hybridized carbons (Fsp3) is 0.333. The molecular formula is C21H23ClN4O. The van der Waals surface area contributed by atoms with Gasteiger partial charge >= 0.3 is 0 Å². The van der Waals surface area contributed by atoms with Crippen molar-refractivity contribution in [1.82, 2.24) is 20.0 Å². The van der Waals surface area contributed by atoms with Gasteiger partial charge in [-0.1, -0.05) is 41.9 Å². The molecule has 1 fully saturated rings. The molecule has 4 rings (SSSR count). The number of piperazine rings is 1. The van der Waals surface area contributed by atoms with E-state index in [0.29, 0.717) is 11.8 Å². The minimum absolute atomic E-state index is 0.114. The molecule has 1 atom stereocenters. The summed E-state index contributed by atoms with van der Waals surface area (Å²) in [5.41, 5.74) is 2.21. The van der Waals surface area contributed by atoms with Crippen molar-refractivity contribution in [3.05, 3.63) is 71.1 Å². The summed E-state index contributed by atoms with van der Waals surface area (Å²) in [6, 6.07) is 18.1. The average Bonchev–Trinajstić information content (AvgIpc) is 3.19. The fourth-order valence-electron chi connectivity index (χ4n) is 3.46. The van der Waals surface area contributed by atoms with Crippen molar-refractivity contribution < 1.29 is 4.42 Å². The first kappa shape index (κ1) is 18.2. The Morgan fingerprint density at radius 3 is 2.52 bits per heavy atom. The van der Waals surface area contributed by atoms with Crippen LogP contribution in [0, 0.1) is 0 Å². The van der Waals surface area contributed by atoms with E-state index >= 15 is 0 Å². The second-order valence-corrected chi connectivity index (χ2v) is 7.37. The highest BCUT2D eigenvalue weighted by atomic mass is 35.5. The fourth-order valence-corrected chi connectivity index (χ4v) is 3.67. The Hall–Kier alpha value is -2.21. The molecule has 0 bridgehead atoms. The maximum atomic E-state index is 6.09. The van der Waals surface area contributed by atoms with Crippen LogP contribution >= 0.6 is 11.6 Å². The van der Waals surface area contributed by atoms with Crippen LogP contribution in [-0.4, -0.2) is 46.2 Å². The van der Waals surface area contributed by atoms with Gasteiger partial charge in [0.05, 0.1) is 6.04 Å². The number of rotatable bonds is 5. The lowest BCUT2D eigenvalue weighted by atomic mass is 10.2. The van der Waals surface area contributed by atoms with Crippen molar-refractivity contribution in [2.45, 2.75) is 19.5 Å². The third-order valence-electron chi connectivity index (χ3n) is 5.07. The first-order chi connectivity index (χ1) is 13.2. The second-order valence-electron chi connectivity index (χ2n) is 6.93. The van der Waals surface area contributed by atoms with Crippen molar-refractivity contribution in [3.63, 3.8) is 0 Å². The number of hydrogen-bond donors (Lipinski definition) is 0. The van der Waals surface area contributed by atoms with Gasteiger partial charge in [0.15, 0.2) is 0 Å². The van der Waals surface area contributed by atoms with Crippen LogP contribution in [0.15, 0.2) is 59.0 Å². The van der Waals surface area contributed by atoms with Gasteiger partial charge in [0.25, 0.3) is 0 Å². The highest BCUT2D eigenvalue weighted by molar-refractivity contribution is 6.30. The lowest BCUT2D eigenvalue weighted by Gasteiger charge is -2.36. The molecule has 1 saturated heterocycles. The number of aromatic nitrogens is 2. The van der Waals surface area contributed by atoms with Crippen LogP contribution in [0.25, 0.3) is 11.5 Å². The van der Waals surface area contributed by atoms with Gasteiger partial charge in [0, 0.05) is 43.3 Å². The summed E-state index contributed by atoms with van der Waals surface area (Å²) in [6.45, 7) is 7.04. The molecule has 1 aliphatic rings. The van der Waals surface area contributed by atoms with Crippen LogP contribution in [0.2, 0.25) is 5.02 Å². The molecule has 1 unspecified atom stereocenters. The van der Waals surface area contributed by atoms with Gasteiger partial charge in [-0.2, -0.15) is 0 Å². The van der Waals surface area contributed by atoms with Gasteiger partial charge in [0.1, 0.15) is 0 Å². The zero-order valence-electron chi connectivity index (χ0n) is 15.4. The van der Waals surface area contributed by atoms with Gasteiger partial charge in [-0.3, -0.25) is 9.80 Å². The quantitative estimate of drug-likeness (QED) is 0.659. The van der Waals surface area contributed by atoms with Gasteiger partial charge in [0.2, 0.25) is 11.8 Å². The SMILES string of the molecule is CC(c1nnc(-c2ccccc2)o1)N1CCN(Cc2cccc(Cl)c2)CC1. The Balaban J connectivity index is 1.35. The highest BCUT2D eigenvalue weighted by Crippen LogP contribution is 2.25. The molecule has 2 heterocycles. The number of benzene rings is 2. The Morgan fingerprint density at radius 1 is 1.00 bits per heavy atom. The summed E-state index contributed by atoms with van der Waals surface area (Å²) in [7, 11) is 0. The van der Waals surface area contributed by atoms with Crippen LogP contribution in [-0.2, 0) is 6.54 Å². The molecule has 5 nitrogen and oxygen atoms in total. The van der Waals surface area contributed by atoms with E-state index in [9.17, 15) is 0 Å². The summed E-state index contributed by atoms with van der Waals surface area (Å²) >= 11 is 6.09. The monoisotopic (exact) mass is 382 g/mol. The van der Waals surface area contributed by atoms with Crippen molar-refractivity contribution in [2.24, 2.45) is 0 Å². The first-order valence-electron chi connectivity index (χ1n) is 9.29. The molecule has 0 amide bonds. The molecule has 2 aromatic carbocycles. The molecule has 0 N–H and O–H groups in total. The van der Waals surface area contributed by atoms with E-state index in [4.69, 9.17) is 16.0 Å². The van der Waals surface area contributed by atoms with Crippen molar-refractivity contribution in [1.29, 1.82) is 0 Å².